The van der Waals surface area contributed by atoms with Crippen molar-refractivity contribution in [2.45, 2.75) is 6.29 Å². The molecule has 0 saturated heterocycles. The molecule has 1 aliphatic rings. The molecule has 0 aromatic carbocycles. The second-order valence-corrected chi connectivity index (χ2v) is 3.74. The van der Waals surface area contributed by atoms with Gasteiger partial charge in [-0.2, -0.15) is 0 Å². The number of nitrogens with zero attached hydrogens (tertiary/aromatic N) is 1. The molecule has 0 atom stereocenters. The van der Waals surface area contributed by atoms with Crippen molar-refractivity contribution < 1.29 is 19.4 Å². The Morgan fingerprint density at radius 1 is 1.57 bits per heavy atom. The first kappa shape index (κ1) is 9.29. The molecule has 1 aromatic rings. The first-order valence-corrected chi connectivity index (χ1v) is 4.73. The van der Waals surface area contributed by atoms with Crippen LogP contribution in [-0.2, 0) is 9.47 Å². The molecule has 1 aromatic heterocycles. The van der Waals surface area contributed by atoms with E-state index in [1.165, 1.54) is 12.5 Å². The summed E-state index contributed by atoms with van der Waals surface area (Å²) in [6, 6.07) is 0. The topological polar surface area (TPSA) is 68.7 Å². The van der Waals surface area contributed by atoms with Crippen LogP contribution in [-0.4, -0.2) is 16.1 Å². The molecular formula is C7H4ClNO4S. The number of carboxylic acid groups (broad SMARTS) is 1. The molecule has 0 fully saturated rings. The lowest BCUT2D eigenvalue weighted by Crippen LogP contribution is -1.94. The zero-order valence-electron chi connectivity index (χ0n) is 6.64. The average molecular weight is 234 g/mol. The van der Waals surface area contributed by atoms with E-state index < -0.39 is 12.3 Å². The minimum Gasteiger partial charge on any atom is -0.476 e. The molecule has 1 N–H and O–H groups in total. The van der Waals surface area contributed by atoms with Gasteiger partial charge in [0.25, 0.3) is 6.29 Å². The standard InChI is InChI=1S/C7H4ClNO4S/c8-4-3(7-12-1-2-13-7)14-5(9-4)6(10)11/h1-2,7H,(H,10,11). The number of hydrogen-bond acceptors (Lipinski definition) is 5. The minimum absolute atomic E-state index is 0.0795. The lowest BCUT2D eigenvalue weighted by Gasteiger charge is -2.06. The molecule has 0 bridgehead atoms. The Hall–Kier alpha value is -1.27. The van der Waals surface area contributed by atoms with Gasteiger partial charge in [0.2, 0.25) is 5.01 Å². The quantitative estimate of drug-likeness (QED) is 0.846. The third-order valence-corrected chi connectivity index (χ3v) is 2.93. The fourth-order valence-electron chi connectivity index (χ4n) is 0.913. The number of halogens is 1. The SMILES string of the molecule is O=C(O)c1nc(Cl)c(C2OC=CO2)s1. The Morgan fingerprint density at radius 3 is 2.71 bits per heavy atom. The van der Waals surface area contributed by atoms with E-state index in [4.69, 9.17) is 26.2 Å². The summed E-state index contributed by atoms with van der Waals surface area (Å²) in [5, 5.41) is 8.68. The van der Waals surface area contributed by atoms with Crippen molar-refractivity contribution in [1.82, 2.24) is 4.98 Å². The van der Waals surface area contributed by atoms with Crippen LogP contribution in [0, 0.1) is 0 Å². The van der Waals surface area contributed by atoms with Gasteiger partial charge >= 0.3 is 5.97 Å². The van der Waals surface area contributed by atoms with E-state index in [2.05, 4.69) is 4.98 Å². The summed E-state index contributed by atoms with van der Waals surface area (Å²) in [6.07, 6.45) is 2.05. The van der Waals surface area contributed by atoms with E-state index in [0.717, 1.165) is 11.3 Å². The van der Waals surface area contributed by atoms with Crippen LogP contribution >= 0.6 is 22.9 Å². The minimum atomic E-state index is -1.12. The zero-order valence-corrected chi connectivity index (χ0v) is 8.21. The summed E-state index contributed by atoms with van der Waals surface area (Å²) < 4.78 is 10.0. The molecular weight excluding hydrogens is 230 g/mol. The van der Waals surface area contributed by atoms with Crippen molar-refractivity contribution in [3.63, 3.8) is 0 Å². The molecule has 2 rings (SSSR count). The molecule has 74 valence electrons. The normalized spacial score (nSPS) is 15.2. The molecule has 14 heavy (non-hydrogen) atoms. The van der Waals surface area contributed by atoms with E-state index in [-0.39, 0.29) is 10.2 Å². The Balaban J connectivity index is 2.29. The Morgan fingerprint density at radius 2 is 2.21 bits per heavy atom. The highest BCUT2D eigenvalue weighted by Crippen LogP contribution is 2.34. The smallest absolute Gasteiger partial charge is 0.365 e. The number of ether oxygens (including phenoxy) is 2. The largest absolute Gasteiger partial charge is 0.476 e. The lowest BCUT2D eigenvalue weighted by molar-refractivity contribution is -0.0217. The highest BCUT2D eigenvalue weighted by atomic mass is 35.5. The van der Waals surface area contributed by atoms with Crippen LogP contribution in [0.2, 0.25) is 5.15 Å². The molecule has 0 amide bonds. The summed E-state index contributed by atoms with van der Waals surface area (Å²) in [7, 11) is 0. The first-order valence-electron chi connectivity index (χ1n) is 3.54. The van der Waals surface area contributed by atoms with Crippen molar-refractivity contribution >= 4 is 28.9 Å². The highest BCUT2D eigenvalue weighted by Gasteiger charge is 2.25. The number of aromatic nitrogens is 1. The maximum Gasteiger partial charge on any atom is 0.365 e. The zero-order chi connectivity index (χ0) is 10.1. The van der Waals surface area contributed by atoms with Crippen LogP contribution in [0.1, 0.15) is 21.0 Å². The number of carbonyl (C=O) groups is 1. The number of carboxylic acids is 1. The van der Waals surface area contributed by atoms with Crippen LogP contribution in [0.5, 0.6) is 0 Å². The van der Waals surface area contributed by atoms with Gasteiger partial charge in [-0.1, -0.05) is 11.6 Å². The number of hydrogen-bond donors (Lipinski definition) is 1. The van der Waals surface area contributed by atoms with Gasteiger partial charge in [0.1, 0.15) is 17.4 Å². The van der Waals surface area contributed by atoms with E-state index in [1.807, 2.05) is 0 Å². The summed E-state index contributed by atoms with van der Waals surface area (Å²) in [4.78, 5) is 14.7. The van der Waals surface area contributed by atoms with Gasteiger partial charge in [0.15, 0.2) is 5.15 Å². The first-order chi connectivity index (χ1) is 6.68. The van der Waals surface area contributed by atoms with Gasteiger partial charge in [-0.3, -0.25) is 0 Å². The lowest BCUT2D eigenvalue weighted by atomic mass is 10.5. The summed E-state index contributed by atoms with van der Waals surface area (Å²) in [5.74, 6) is -1.12. The molecule has 2 heterocycles. The van der Waals surface area contributed by atoms with E-state index in [9.17, 15) is 4.79 Å². The monoisotopic (exact) mass is 233 g/mol. The van der Waals surface area contributed by atoms with Crippen LogP contribution < -0.4 is 0 Å². The van der Waals surface area contributed by atoms with Crippen LogP contribution in [0.25, 0.3) is 0 Å². The Kier molecular flexibility index (Phi) is 2.30. The summed E-state index contributed by atoms with van der Waals surface area (Å²) in [6.45, 7) is 0. The van der Waals surface area contributed by atoms with Gasteiger partial charge in [-0.15, -0.1) is 11.3 Å². The highest BCUT2D eigenvalue weighted by molar-refractivity contribution is 7.14. The average Bonchev–Trinajstić information content (AvgIpc) is 2.71. The predicted molar refractivity (Wildman–Crippen MR) is 48.1 cm³/mol. The fraction of sp³-hybridized carbons (Fsp3) is 0.143. The Labute approximate surface area is 87.5 Å². The maximum absolute atomic E-state index is 10.6. The molecule has 0 radical (unpaired) electrons. The second-order valence-electron chi connectivity index (χ2n) is 2.36. The molecule has 1 aliphatic heterocycles. The van der Waals surface area contributed by atoms with Gasteiger partial charge in [-0.05, 0) is 0 Å². The summed E-state index contributed by atoms with van der Waals surface area (Å²) in [5.41, 5.74) is 0. The Bertz CT molecular complexity index is 394. The molecule has 7 heteroatoms. The molecule has 0 unspecified atom stereocenters. The van der Waals surface area contributed by atoms with Crippen molar-refractivity contribution in [3.05, 3.63) is 27.6 Å². The number of thiazole rings is 1. The van der Waals surface area contributed by atoms with Crippen LogP contribution in [0.4, 0.5) is 0 Å². The van der Waals surface area contributed by atoms with Crippen LogP contribution in [0.3, 0.4) is 0 Å². The molecule has 0 saturated carbocycles. The fourth-order valence-corrected chi connectivity index (χ4v) is 2.02. The number of rotatable bonds is 2. The van der Waals surface area contributed by atoms with Gasteiger partial charge in [-0.25, -0.2) is 9.78 Å². The van der Waals surface area contributed by atoms with Gasteiger partial charge < -0.3 is 14.6 Å². The van der Waals surface area contributed by atoms with E-state index >= 15 is 0 Å². The predicted octanol–water partition coefficient (Wildman–Crippen LogP) is 2.01. The third-order valence-electron chi connectivity index (χ3n) is 1.47. The van der Waals surface area contributed by atoms with Crippen molar-refractivity contribution in [2.75, 3.05) is 0 Å². The van der Waals surface area contributed by atoms with Gasteiger partial charge in [0, 0.05) is 0 Å². The third kappa shape index (κ3) is 1.53. The van der Waals surface area contributed by atoms with Crippen molar-refractivity contribution in [1.29, 1.82) is 0 Å². The van der Waals surface area contributed by atoms with E-state index in [1.54, 1.807) is 0 Å². The van der Waals surface area contributed by atoms with E-state index in [0.29, 0.717) is 4.88 Å². The van der Waals surface area contributed by atoms with Crippen molar-refractivity contribution in [3.8, 4) is 0 Å². The van der Waals surface area contributed by atoms with Crippen LogP contribution in [0.15, 0.2) is 12.5 Å². The molecule has 5 nitrogen and oxygen atoms in total. The summed E-state index contributed by atoms with van der Waals surface area (Å²) >= 11 is 6.65. The maximum atomic E-state index is 10.6. The molecule has 0 spiro atoms. The van der Waals surface area contributed by atoms with Crippen molar-refractivity contribution in [2.24, 2.45) is 0 Å². The molecule has 0 aliphatic carbocycles. The number of aromatic carboxylic acids is 1. The second kappa shape index (κ2) is 3.47. The van der Waals surface area contributed by atoms with Gasteiger partial charge in [0.05, 0.1) is 0 Å².